The maximum Gasteiger partial charge on any atom is 0.360 e. The summed E-state index contributed by atoms with van der Waals surface area (Å²) in [5.41, 5.74) is 0. The summed E-state index contributed by atoms with van der Waals surface area (Å²) in [6.07, 6.45) is -0.281. The van der Waals surface area contributed by atoms with Gasteiger partial charge in [0.2, 0.25) is 0 Å². The second-order valence-corrected chi connectivity index (χ2v) is 3.89. The first-order chi connectivity index (χ1) is 3.98. The molecule has 0 rings (SSSR count). The van der Waals surface area contributed by atoms with Crippen LogP contribution >= 0.6 is 7.60 Å². The van der Waals surface area contributed by atoms with Crippen LogP contribution in [-0.2, 0) is 13.8 Å². The fourth-order valence-electron chi connectivity index (χ4n) is 0.399. The molecule has 0 spiro atoms. The third-order valence-electron chi connectivity index (χ3n) is 0.528. The summed E-state index contributed by atoms with van der Waals surface area (Å²) in [6.45, 7) is 4.37. The minimum absolute atomic E-state index is 0.281. The fourth-order valence-corrected chi connectivity index (χ4v) is 1.20. The zero-order chi connectivity index (χ0) is 7.49. The van der Waals surface area contributed by atoms with Crippen LogP contribution in [0.25, 0.3) is 0 Å². The summed E-state index contributed by atoms with van der Waals surface area (Å²) >= 11 is 0. The second kappa shape index (κ2) is 3.30. The van der Waals surface area contributed by atoms with Crippen molar-refractivity contribution in [1.29, 1.82) is 0 Å². The summed E-state index contributed by atoms with van der Waals surface area (Å²) < 4.78 is 29.4. The summed E-state index contributed by atoms with van der Waals surface area (Å²) in [6, 6.07) is 0. The van der Waals surface area contributed by atoms with E-state index in [2.05, 4.69) is 9.25 Å². The molecule has 0 amide bonds. The van der Waals surface area contributed by atoms with E-state index >= 15 is 0 Å². The Kier molecular flexibility index (Phi) is 3.33. The number of hydrogen-bond acceptors (Lipinski definition) is 3. The van der Waals surface area contributed by atoms with E-state index in [-0.39, 0.29) is 6.10 Å². The highest BCUT2D eigenvalue weighted by Crippen LogP contribution is 2.45. The Balaban J connectivity index is 3.73. The highest BCUT2D eigenvalue weighted by Gasteiger charge is 2.18. The van der Waals surface area contributed by atoms with Gasteiger partial charge in [0.05, 0.1) is 6.10 Å². The van der Waals surface area contributed by atoms with Gasteiger partial charge in [-0.25, -0.2) is 0 Å². The highest BCUT2D eigenvalue weighted by molar-refractivity contribution is 7.52. The van der Waals surface area contributed by atoms with E-state index in [1.54, 1.807) is 13.8 Å². The number of halogens is 1. The zero-order valence-corrected chi connectivity index (χ0v) is 6.52. The molecule has 1 unspecified atom stereocenters. The van der Waals surface area contributed by atoms with Gasteiger partial charge in [-0.05, 0) is 18.4 Å². The Labute approximate surface area is 53.6 Å². The van der Waals surface area contributed by atoms with Gasteiger partial charge in [0.15, 0.2) is 0 Å². The SMILES string of the molecule is CC(C)OP(C)(=O)OF. The standard InChI is InChI=1S/C4H10FO3P/c1-4(2)7-9(3,6)8-5/h4H,1-3H3. The Bertz CT molecular complexity index is 125. The molecule has 0 heterocycles. The van der Waals surface area contributed by atoms with Crippen molar-refractivity contribution < 1.29 is 18.3 Å². The van der Waals surface area contributed by atoms with Crippen molar-refractivity contribution in [3.8, 4) is 0 Å². The van der Waals surface area contributed by atoms with E-state index in [9.17, 15) is 9.09 Å². The monoisotopic (exact) mass is 156 g/mol. The maximum absolute atomic E-state index is 11.2. The average Bonchev–Trinajstić information content (AvgIpc) is 1.63. The minimum atomic E-state index is -3.40. The molecular formula is C4H10FO3P. The van der Waals surface area contributed by atoms with Crippen LogP contribution in [-0.4, -0.2) is 12.8 Å². The van der Waals surface area contributed by atoms with Crippen molar-refractivity contribution in [2.24, 2.45) is 0 Å². The maximum atomic E-state index is 11.2. The Hall–Kier alpha value is 0.0800. The molecule has 0 N–H and O–H groups in total. The second-order valence-electron chi connectivity index (χ2n) is 1.99. The lowest BCUT2D eigenvalue weighted by atomic mass is 10.5. The Morgan fingerprint density at radius 2 is 2.00 bits per heavy atom. The molecule has 0 aliphatic rings. The summed E-state index contributed by atoms with van der Waals surface area (Å²) in [5.74, 6) is 0. The number of rotatable bonds is 3. The van der Waals surface area contributed by atoms with Crippen LogP contribution in [0.15, 0.2) is 0 Å². The van der Waals surface area contributed by atoms with E-state index in [0.29, 0.717) is 0 Å². The molecule has 9 heavy (non-hydrogen) atoms. The van der Waals surface area contributed by atoms with Crippen LogP contribution in [0.4, 0.5) is 4.53 Å². The third kappa shape index (κ3) is 4.58. The molecule has 0 aromatic carbocycles. The normalized spacial score (nSPS) is 17.9. The van der Waals surface area contributed by atoms with Crippen molar-refractivity contribution in [2.75, 3.05) is 6.66 Å². The molecule has 5 heteroatoms. The predicted molar refractivity (Wildman–Crippen MR) is 31.9 cm³/mol. The zero-order valence-electron chi connectivity index (χ0n) is 5.63. The van der Waals surface area contributed by atoms with Crippen molar-refractivity contribution in [3.63, 3.8) is 0 Å². The Morgan fingerprint density at radius 1 is 1.56 bits per heavy atom. The topological polar surface area (TPSA) is 35.5 Å². The summed E-state index contributed by atoms with van der Waals surface area (Å²) in [7, 11) is -3.40. The first-order valence-corrected chi connectivity index (χ1v) is 4.53. The van der Waals surface area contributed by atoms with Gasteiger partial charge in [-0.2, -0.15) is 0 Å². The van der Waals surface area contributed by atoms with E-state index in [1.165, 1.54) is 0 Å². The van der Waals surface area contributed by atoms with Gasteiger partial charge in [0.1, 0.15) is 0 Å². The van der Waals surface area contributed by atoms with E-state index in [0.717, 1.165) is 6.66 Å². The molecule has 0 aromatic rings. The molecule has 1 atom stereocenters. The smallest absolute Gasteiger partial charge is 0.304 e. The lowest BCUT2D eigenvalue weighted by molar-refractivity contribution is -0.0291. The lowest BCUT2D eigenvalue weighted by Crippen LogP contribution is -1.99. The van der Waals surface area contributed by atoms with E-state index < -0.39 is 7.60 Å². The summed E-state index contributed by atoms with van der Waals surface area (Å²) in [4.78, 5) is 0. The van der Waals surface area contributed by atoms with Crippen LogP contribution < -0.4 is 0 Å². The quantitative estimate of drug-likeness (QED) is 0.587. The lowest BCUT2D eigenvalue weighted by Gasteiger charge is -2.10. The van der Waals surface area contributed by atoms with Crippen LogP contribution in [0.1, 0.15) is 13.8 Å². The highest BCUT2D eigenvalue weighted by atomic mass is 31.2. The largest absolute Gasteiger partial charge is 0.360 e. The average molecular weight is 156 g/mol. The summed E-state index contributed by atoms with van der Waals surface area (Å²) in [5, 5.41) is 0. The molecular weight excluding hydrogens is 146 g/mol. The van der Waals surface area contributed by atoms with Crippen LogP contribution in [0, 0.1) is 0 Å². The molecule has 56 valence electrons. The van der Waals surface area contributed by atoms with Crippen molar-refractivity contribution >= 4 is 7.60 Å². The van der Waals surface area contributed by atoms with Gasteiger partial charge in [0.25, 0.3) is 0 Å². The van der Waals surface area contributed by atoms with Crippen LogP contribution in [0.5, 0.6) is 0 Å². The molecule has 0 fully saturated rings. The van der Waals surface area contributed by atoms with Gasteiger partial charge in [-0.15, -0.1) is 4.73 Å². The molecule has 0 aliphatic carbocycles. The molecule has 0 aliphatic heterocycles. The third-order valence-corrected chi connectivity index (χ3v) is 1.58. The van der Waals surface area contributed by atoms with E-state index in [1.807, 2.05) is 0 Å². The van der Waals surface area contributed by atoms with Crippen molar-refractivity contribution in [2.45, 2.75) is 20.0 Å². The van der Waals surface area contributed by atoms with Gasteiger partial charge < -0.3 is 4.52 Å². The Morgan fingerprint density at radius 3 is 2.11 bits per heavy atom. The minimum Gasteiger partial charge on any atom is -0.304 e. The van der Waals surface area contributed by atoms with Crippen molar-refractivity contribution in [1.82, 2.24) is 0 Å². The van der Waals surface area contributed by atoms with E-state index in [4.69, 9.17) is 0 Å². The van der Waals surface area contributed by atoms with Crippen molar-refractivity contribution in [3.05, 3.63) is 0 Å². The van der Waals surface area contributed by atoms with Gasteiger partial charge in [0, 0.05) is 6.66 Å². The fraction of sp³-hybridized carbons (Fsp3) is 1.00. The van der Waals surface area contributed by atoms with Gasteiger partial charge in [-0.1, -0.05) is 0 Å². The molecule has 0 aromatic heterocycles. The predicted octanol–water partition coefficient (Wildman–Crippen LogP) is 2.14. The first kappa shape index (κ1) is 9.08. The molecule has 3 nitrogen and oxygen atoms in total. The first-order valence-electron chi connectivity index (χ1n) is 2.54. The van der Waals surface area contributed by atoms with Crippen LogP contribution in [0.3, 0.4) is 0 Å². The van der Waals surface area contributed by atoms with Gasteiger partial charge >= 0.3 is 7.60 Å². The molecule has 0 radical (unpaired) electrons. The molecule has 0 saturated carbocycles. The molecule has 0 bridgehead atoms. The van der Waals surface area contributed by atoms with Crippen LogP contribution in [0.2, 0.25) is 0 Å². The van der Waals surface area contributed by atoms with Gasteiger partial charge in [-0.3, -0.25) is 4.57 Å². The molecule has 0 saturated heterocycles. The number of hydrogen-bond donors (Lipinski definition) is 0.